The van der Waals surface area contributed by atoms with Crippen LogP contribution in [0.5, 0.6) is 0 Å². The van der Waals surface area contributed by atoms with Gasteiger partial charge in [0.2, 0.25) is 0 Å². The van der Waals surface area contributed by atoms with Gasteiger partial charge in [-0.05, 0) is 51.8 Å². The van der Waals surface area contributed by atoms with Gasteiger partial charge in [-0.25, -0.2) is 0 Å². The van der Waals surface area contributed by atoms with Gasteiger partial charge in [-0.1, -0.05) is 23.7 Å². The molecule has 2 nitrogen and oxygen atoms in total. The highest BCUT2D eigenvalue weighted by Gasteiger charge is 2.06. The Kier molecular flexibility index (Phi) is 4.61. The van der Waals surface area contributed by atoms with Crippen molar-refractivity contribution in [2.24, 2.45) is 0 Å². The van der Waals surface area contributed by atoms with Crippen molar-refractivity contribution in [3.63, 3.8) is 0 Å². The first-order chi connectivity index (χ1) is 9.10. The SMILES string of the molecule is CN(Cc1cccc(Cl)c1)c1ccc(C=O)c(Br)c1. The summed E-state index contributed by atoms with van der Waals surface area (Å²) in [5, 5.41) is 0.739. The standard InChI is InChI=1S/C15H13BrClNO/c1-18(9-11-3-2-4-13(17)7-11)14-6-5-12(10-19)15(16)8-14/h2-8,10H,9H2,1H3. The highest BCUT2D eigenvalue weighted by Crippen LogP contribution is 2.24. The first-order valence-electron chi connectivity index (χ1n) is 5.80. The van der Waals surface area contributed by atoms with E-state index in [9.17, 15) is 4.79 Å². The molecule has 98 valence electrons. The van der Waals surface area contributed by atoms with E-state index in [1.54, 1.807) is 6.07 Å². The van der Waals surface area contributed by atoms with Gasteiger partial charge in [0.15, 0.2) is 6.29 Å². The van der Waals surface area contributed by atoms with Gasteiger partial charge in [0.1, 0.15) is 0 Å². The molecule has 0 radical (unpaired) electrons. The molecule has 0 bridgehead atoms. The van der Waals surface area contributed by atoms with Crippen molar-refractivity contribution < 1.29 is 4.79 Å². The third-order valence-electron chi connectivity index (χ3n) is 2.86. The number of hydrogen-bond acceptors (Lipinski definition) is 2. The summed E-state index contributed by atoms with van der Waals surface area (Å²) < 4.78 is 0.804. The van der Waals surface area contributed by atoms with Crippen LogP contribution in [0.25, 0.3) is 0 Å². The van der Waals surface area contributed by atoms with Gasteiger partial charge in [0.05, 0.1) is 0 Å². The molecule has 0 aliphatic carbocycles. The lowest BCUT2D eigenvalue weighted by Crippen LogP contribution is -2.16. The predicted molar refractivity (Wildman–Crippen MR) is 83.1 cm³/mol. The zero-order valence-corrected chi connectivity index (χ0v) is 12.8. The van der Waals surface area contributed by atoms with Crippen LogP contribution in [0.15, 0.2) is 46.9 Å². The molecule has 19 heavy (non-hydrogen) atoms. The molecular formula is C15H13BrClNO. The molecule has 4 heteroatoms. The maximum Gasteiger partial charge on any atom is 0.151 e. The summed E-state index contributed by atoms with van der Waals surface area (Å²) in [5.41, 5.74) is 2.84. The highest BCUT2D eigenvalue weighted by atomic mass is 79.9. The number of halogens is 2. The molecule has 2 aromatic rings. The Bertz CT molecular complexity index is 600. The Hall–Kier alpha value is -1.32. The monoisotopic (exact) mass is 337 g/mol. The van der Waals surface area contributed by atoms with E-state index in [0.29, 0.717) is 5.56 Å². The summed E-state index contributed by atoms with van der Waals surface area (Å²) in [6, 6.07) is 13.5. The average Bonchev–Trinajstić information content (AvgIpc) is 2.38. The molecule has 2 aromatic carbocycles. The van der Waals surface area contributed by atoms with Crippen LogP contribution in [0.2, 0.25) is 5.02 Å². The van der Waals surface area contributed by atoms with Crippen LogP contribution >= 0.6 is 27.5 Å². The molecule has 0 fully saturated rings. The normalized spacial score (nSPS) is 10.3. The largest absolute Gasteiger partial charge is 0.370 e. The molecule has 0 N–H and O–H groups in total. The van der Waals surface area contributed by atoms with E-state index >= 15 is 0 Å². The summed E-state index contributed by atoms with van der Waals surface area (Å²) in [6.07, 6.45) is 0.838. The van der Waals surface area contributed by atoms with Gasteiger partial charge >= 0.3 is 0 Å². The molecule has 0 amide bonds. The first kappa shape index (κ1) is 14.1. The van der Waals surface area contributed by atoms with Gasteiger partial charge in [-0.3, -0.25) is 4.79 Å². The quantitative estimate of drug-likeness (QED) is 0.762. The zero-order valence-electron chi connectivity index (χ0n) is 10.4. The summed E-state index contributed by atoms with van der Waals surface area (Å²) >= 11 is 9.37. The molecular weight excluding hydrogens is 326 g/mol. The van der Waals surface area contributed by atoms with E-state index in [2.05, 4.69) is 20.8 Å². The van der Waals surface area contributed by atoms with Gasteiger partial charge in [-0.2, -0.15) is 0 Å². The van der Waals surface area contributed by atoms with Crippen molar-refractivity contribution in [2.45, 2.75) is 6.54 Å². The summed E-state index contributed by atoms with van der Waals surface area (Å²) in [5.74, 6) is 0. The number of nitrogens with zero attached hydrogens (tertiary/aromatic N) is 1. The number of carbonyl (C=O) groups excluding carboxylic acids is 1. The molecule has 0 unspecified atom stereocenters. The van der Waals surface area contributed by atoms with Crippen LogP contribution < -0.4 is 4.90 Å². The molecule has 0 spiro atoms. The molecule has 0 aliphatic heterocycles. The Morgan fingerprint density at radius 1 is 1.26 bits per heavy atom. The third kappa shape index (κ3) is 3.58. The Morgan fingerprint density at radius 2 is 2.05 bits per heavy atom. The highest BCUT2D eigenvalue weighted by molar-refractivity contribution is 9.10. The minimum atomic E-state index is 0.653. The summed E-state index contributed by atoms with van der Waals surface area (Å²) in [4.78, 5) is 12.9. The second-order valence-electron chi connectivity index (χ2n) is 4.31. The van der Waals surface area contributed by atoms with E-state index in [0.717, 1.165) is 33.6 Å². The lowest BCUT2D eigenvalue weighted by Gasteiger charge is -2.20. The fourth-order valence-electron chi connectivity index (χ4n) is 1.85. The number of carbonyl (C=O) groups is 1. The summed E-state index contributed by atoms with van der Waals surface area (Å²) in [7, 11) is 2.00. The van der Waals surface area contributed by atoms with Crippen molar-refractivity contribution in [3.05, 3.63) is 63.1 Å². The molecule has 0 atom stereocenters. The van der Waals surface area contributed by atoms with E-state index in [4.69, 9.17) is 11.6 Å². The van der Waals surface area contributed by atoms with Crippen LogP contribution in [0.4, 0.5) is 5.69 Å². The third-order valence-corrected chi connectivity index (χ3v) is 3.78. The van der Waals surface area contributed by atoms with Gasteiger partial charge in [0.25, 0.3) is 0 Å². The van der Waals surface area contributed by atoms with Crippen molar-refractivity contribution in [1.82, 2.24) is 0 Å². The van der Waals surface area contributed by atoms with E-state index < -0.39 is 0 Å². The topological polar surface area (TPSA) is 20.3 Å². The Balaban J connectivity index is 2.18. The molecule has 0 aliphatic rings. The van der Waals surface area contributed by atoms with Crippen LogP contribution in [-0.2, 0) is 6.54 Å². The number of rotatable bonds is 4. The Morgan fingerprint density at radius 3 is 2.68 bits per heavy atom. The van der Waals surface area contributed by atoms with Crippen LogP contribution in [0, 0.1) is 0 Å². The maximum atomic E-state index is 10.8. The maximum absolute atomic E-state index is 10.8. The fraction of sp³-hybridized carbons (Fsp3) is 0.133. The van der Waals surface area contributed by atoms with Gasteiger partial charge in [0, 0.05) is 34.3 Å². The number of anilines is 1. The Labute approximate surface area is 126 Å². The molecule has 2 rings (SSSR count). The van der Waals surface area contributed by atoms with Crippen LogP contribution in [0.3, 0.4) is 0 Å². The van der Waals surface area contributed by atoms with Crippen LogP contribution in [-0.4, -0.2) is 13.3 Å². The molecule has 0 heterocycles. The van der Waals surface area contributed by atoms with Gasteiger partial charge in [-0.15, -0.1) is 0 Å². The van der Waals surface area contributed by atoms with Crippen molar-refractivity contribution in [1.29, 1.82) is 0 Å². The molecule has 0 aromatic heterocycles. The minimum Gasteiger partial charge on any atom is -0.370 e. The second kappa shape index (κ2) is 6.22. The number of aldehydes is 1. The number of benzene rings is 2. The summed E-state index contributed by atoms with van der Waals surface area (Å²) in [6.45, 7) is 0.757. The molecule has 0 saturated carbocycles. The van der Waals surface area contributed by atoms with E-state index in [-0.39, 0.29) is 0 Å². The fourth-order valence-corrected chi connectivity index (χ4v) is 2.52. The van der Waals surface area contributed by atoms with Crippen molar-refractivity contribution >= 4 is 39.5 Å². The first-order valence-corrected chi connectivity index (χ1v) is 6.97. The lowest BCUT2D eigenvalue weighted by atomic mass is 10.2. The average molecular weight is 339 g/mol. The predicted octanol–water partition coefficient (Wildman–Crippen LogP) is 4.55. The van der Waals surface area contributed by atoms with E-state index in [1.165, 1.54) is 0 Å². The smallest absolute Gasteiger partial charge is 0.151 e. The zero-order chi connectivity index (χ0) is 13.8. The van der Waals surface area contributed by atoms with Gasteiger partial charge < -0.3 is 4.90 Å². The molecule has 0 saturated heterocycles. The minimum absolute atomic E-state index is 0.653. The van der Waals surface area contributed by atoms with Crippen LogP contribution in [0.1, 0.15) is 15.9 Å². The second-order valence-corrected chi connectivity index (χ2v) is 5.60. The van der Waals surface area contributed by atoms with E-state index in [1.807, 2.05) is 43.4 Å². The van der Waals surface area contributed by atoms with Crippen molar-refractivity contribution in [2.75, 3.05) is 11.9 Å². The lowest BCUT2D eigenvalue weighted by molar-refractivity contribution is 0.112. The van der Waals surface area contributed by atoms with Crippen molar-refractivity contribution in [3.8, 4) is 0 Å². The number of hydrogen-bond donors (Lipinski definition) is 0.